The van der Waals surface area contributed by atoms with Crippen molar-refractivity contribution < 1.29 is 13.5 Å². The van der Waals surface area contributed by atoms with Gasteiger partial charge >= 0.3 is 0 Å². The quantitative estimate of drug-likeness (QED) is 0.217. The number of hydrogen-bond acceptors (Lipinski definition) is 8. The molecule has 1 fully saturated rings. The Morgan fingerprint density at radius 3 is 2.50 bits per heavy atom. The van der Waals surface area contributed by atoms with E-state index in [2.05, 4.69) is 30.9 Å². The second kappa shape index (κ2) is 9.33. The highest BCUT2D eigenvalue weighted by Crippen LogP contribution is 2.39. The Labute approximate surface area is 229 Å². The first-order chi connectivity index (χ1) is 19.4. The van der Waals surface area contributed by atoms with Gasteiger partial charge in [0.25, 0.3) is 5.92 Å². The van der Waals surface area contributed by atoms with Crippen LogP contribution in [0.25, 0.3) is 10.9 Å². The Bertz CT molecular complexity index is 1720. The zero-order chi connectivity index (χ0) is 27.3. The fourth-order valence-electron chi connectivity index (χ4n) is 4.99. The summed E-state index contributed by atoms with van der Waals surface area (Å²) >= 11 is 0. The Hall–Kier alpha value is -4.99. The number of anilines is 5. The smallest absolute Gasteiger partial charge is 0.282 e. The number of hydrogen-bond donors (Lipinski definition) is 3. The van der Waals surface area contributed by atoms with Gasteiger partial charge in [-0.3, -0.25) is 9.97 Å². The molecule has 0 amide bonds. The van der Waals surface area contributed by atoms with Gasteiger partial charge in [-0.1, -0.05) is 0 Å². The van der Waals surface area contributed by atoms with Gasteiger partial charge in [-0.05, 0) is 61.5 Å². The van der Waals surface area contributed by atoms with E-state index in [0.29, 0.717) is 5.82 Å². The van der Waals surface area contributed by atoms with Crippen molar-refractivity contribution in [2.24, 2.45) is 0 Å². The van der Waals surface area contributed by atoms with E-state index in [1.807, 2.05) is 79.9 Å². The molecule has 40 heavy (non-hydrogen) atoms. The lowest BCUT2D eigenvalue weighted by molar-refractivity contribution is -0.0262. The van der Waals surface area contributed by atoms with Crippen molar-refractivity contribution in [1.29, 1.82) is 0 Å². The van der Waals surface area contributed by atoms with E-state index in [9.17, 15) is 8.78 Å². The van der Waals surface area contributed by atoms with E-state index < -0.39 is 5.92 Å². The minimum Gasteiger partial charge on any atom is -0.457 e. The first-order valence-electron chi connectivity index (χ1n) is 12.9. The fourth-order valence-corrected chi connectivity index (χ4v) is 4.99. The van der Waals surface area contributed by atoms with Crippen LogP contribution in [-0.2, 0) is 0 Å². The molecule has 2 aliphatic heterocycles. The summed E-state index contributed by atoms with van der Waals surface area (Å²) in [7, 11) is 0. The highest BCUT2D eigenvalue weighted by atomic mass is 19.3. The largest absolute Gasteiger partial charge is 0.457 e. The third-order valence-corrected chi connectivity index (χ3v) is 7.01. The number of aryl methyl sites for hydroxylation is 1. The summed E-state index contributed by atoms with van der Waals surface area (Å²) in [5.41, 5.74) is 6.11. The van der Waals surface area contributed by atoms with Gasteiger partial charge in [-0.15, -0.1) is 0 Å². The van der Waals surface area contributed by atoms with Crippen molar-refractivity contribution in [3.8, 4) is 11.5 Å². The summed E-state index contributed by atoms with van der Waals surface area (Å²) in [4.78, 5) is 14.9. The summed E-state index contributed by atoms with van der Waals surface area (Å²) < 4.78 is 32.8. The molecule has 0 spiro atoms. The van der Waals surface area contributed by atoms with Crippen molar-refractivity contribution in [2.45, 2.75) is 19.0 Å². The number of benzene rings is 2. The van der Waals surface area contributed by atoms with Crippen LogP contribution in [0.5, 0.6) is 11.5 Å². The first kappa shape index (κ1) is 24.1. The van der Waals surface area contributed by atoms with Gasteiger partial charge in [0.1, 0.15) is 23.5 Å². The van der Waals surface area contributed by atoms with E-state index in [1.54, 1.807) is 17.3 Å². The highest BCUT2D eigenvalue weighted by Gasteiger charge is 2.43. The van der Waals surface area contributed by atoms with Crippen molar-refractivity contribution in [1.82, 2.24) is 15.0 Å². The van der Waals surface area contributed by atoms with Gasteiger partial charge in [0.2, 0.25) is 0 Å². The Balaban J connectivity index is 1.05. The van der Waals surface area contributed by atoms with Gasteiger partial charge < -0.3 is 25.6 Å². The van der Waals surface area contributed by atoms with E-state index in [-0.39, 0.29) is 19.3 Å². The standard InChI is InChI=1S/C30H25F2N7O/c1-18-12-22(8-10-33-18)40-21-4-6-26-27(14-21)38-29(37-26)19-2-7-28(35-15-19)36-25-9-11-34-24-5-3-20(13-23(24)25)39-16-30(31,32)17-39/h2-15,29,37-38H,16-17H2,1H3,(H,34,35,36). The topological polar surface area (TPSA) is 87.2 Å². The predicted octanol–water partition coefficient (Wildman–Crippen LogP) is 6.86. The maximum absolute atomic E-state index is 13.4. The number of alkyl halides is 2. The number of rotatable bonds is 6. The van der Waals surface area contributed by atoms with E-state index >= 15 is 0 Å². The molecule has 5 aromatic rings. The fraction of sp³-hybridized carbons (Fsp3) is 0.167. The molecule has 0 saturated carbocycles. The van der Waals surface area contributed by atoms with Crippen molar-refractivity contribution in [3.63, 3.8) is 0 Å². The van der Waals surface area contributed by atoms with Crippen molar-refractivity contribution >= 4 is 39.5 Å². The molecular formula is C30H25F2N7O. The molecule has 1 saturated heterocycles. The minimum atomic E-state index is -2.63. The summed E-state index contributed by atoms with van der Waals surface area (Å²) in [5.74, 6) is -0.498. The molecule has 8 nitrogen and oxygen atoms in total. The molecule has 7 rings (SSSR count). The molecule has 2 aromatic carbocycles. The number of halogens is 2. The molecule has 3 N–H and O–H groups in total. The number of nitrogens with one attached hydrogen (secondary N) is 3. The molecule has 10 heteroatoms. The maximum atomic E-state index is 13.4. The average Bonchev–Trinajstić information content (AvgIpc) is 3.36. The van der Waals surface area contributed by atoms with Crippen LogP contribution >= 0.6 is 0 Å². The number of fused-ring (bicyclic) bond motifs is 2. The minimum absolute atomic E-state index is 0.145. The molecular weight excluding hydrogens is 512 g/mol. The Kier molecular flexibility index (Phi) is 5.62. The normalized spacial score (nSPS) is 17.0. The third-order valence-electron chi connectivity index (χ3n) is 7.01. The number of ether oxygens (including phenoxy) is 1. The zero-order valence-corrected chi connectivity index (χ0v) is 21.5. The molecule has 0 radical (unpaired) electrons. The lowest BCUT2D eigenvalue weighted by Gasteiger charge is -2.40. The van der Waals surface area contributed by atoms with Crippen LogP contribution in [0.3, 0.4) is 0 Å². The van der Waals surface area contributed by atoms with Crippen LogP contribution in [0.2, 0.25) is 0 Å². The van der Waals surface area contributed by atoms with Crippen molar-refractivity contribution in [2.75, 3.05) is 33.9 Å². The summed E-state index contributed by atoms with van der Waals surface area (Å²) in [6.45, 7) is 1.39. The van der Waals surface area contributed by atoms with Crippen LogP contribution < -0.4 is 25.6 Å². The lowest BCUT2D eigenvalue weighted by Crippen LogP contribution is -2.56. The van der Waals surface area contributed by atoms with E-state index in [1.165, 1.54) is 0 Å². The first-order valence-corrected chi connectivity index (χ1v) is 12.9. The van der Waals surface area contributed by atoms with Crippen LogP contribution in [-0.4, -0.2) is 34.0 Å². The summed E-state index contributed by atoms with van der Waals surface area (Å²) in [6.07, 6.45) is 5.11. The van der Waals surface area contributed by atoms with Gasteiger partial charge in [-0.25, -0.2) is 13.8 Å². The van der Waals surface area contributed by atoms with Crippen LogP contribution in [0.1, 0.15) is 17.4 Å². The molecule has 5 heterocycles. The Morgan fingerprint density at radius 1 is 0.875 bits per heavy atom. The number of nitrogens with zero attached hydrogens (tertiary/aromatic N) is 4. The molecule has 1 unspecified atom stereocenters. The molecule has 200 valence electrons. The second-order valence-corrected chi connectivity index (χ2v) is 10.0. The van der Waals surface area contributed by atoms with Crippen molar-refractivity contribution in [3.05, 3.63) is 96.6 Å². The molecule has 1 atom stereocenters. The van der Waals surface area contributed by atoms with E-state index in [0.717, 1.165) is 56.4 Å². The van der Waals surface area contributed by atoms with Gasteiger partial charge in [0, 0.05) is 53.1 Å². The number of aromatic nitrogens is 3. The monoisotopic (exact) mass is 537 g/mol. The van der Waals surface area contributed by atoms with Gasteiger partial charge in [-0.2, -0.15) is 0 Å². The summed E-state index contributed by atoms with van der Waals surface area (Å²) in [6, 6.07) is 20.9. The average molecular weight is 538 g/mol. The van der Waals surface area contributed by atoms with E-state index in [4.69, 9.17) is 4.74 Å². The predicted molar refractivity (Wildman–Crippen MR) is 152 cm³/mol. The van der Waals surface area contributed by atoms with Crippen LogP contribution in [0.4, 0.5) is 37.3 Å². The van der Waals surface area contributed by atoms with Gasteiger partial charge in [0.05, 0.1) is 35.7 Å². The molecule has 2 aliphatic rings. The second-order valence-electron chi connectivity index (χ2n) is 10.0. The molecule has 0 aliphatic carbocycles. The van der Waals surface area contributed by atoms with Crippen LogP contribution in [0.15, 0.2) is 85.3 Å². The summed E-state index contributed by atoms with van der Waals surface area (Å²) in [5, 5.41) is 11.2. The zero-order valence-electron chi connectivity index (χ0n) is 21.5. The number of pyridine rings is 3. The third kappa shape index (κ3) is 4.68. The van der Waals surface area contributed by atoms with Crippen LogP contribution in [0, 0.1) is 6.92 Å². The molecule has 0 bridgehead atoms. The SMILES string of the molecule is Cc1cc(Oc2ccc3c(c2)NC(c2ccc(Nc4ccnc5ccc(N6CC(F)(F)C6)cc45)nc2)N3)ccn1. The Morgan fingerprint density at radius 2 is 1.70 bits per heavy atom. The highest BCUT2D eigenvalue weighted by molar-refractivity contribution is 5.95. The molecule has 3 aromatic heterocycles. The lowest BCUT2D eigenvalue weighted by atomic mass is 10.1. The maximum Gasteiger partial charge on any atom is 0.282 e. The van der Waals surface area contributed by atoms with Gasteiger partial charge in [0.15, 0.2) is 0 Å².